The molecule has 0 bridgehead atoms. The zero-order valence-electron chi connectivity index (χ0n) is 7.38. The average molecular weight is 248 g/mol. The molecule has 0 spiro atoms. The van der Waals surface area contributed by atoms with Gasteiger partial charge in [-0.05, 0) is 0 Å². The zero-order valence-corrected chi connectivity index (χ0v) is 9.01. The summed E-state index contributed by atoms with van der Waals surface area (Å²) < 4.78 is 26.4. The van der Waals surface area contributed by atoms with E-state index in [-0.39, 0.29) is 0 Å². The molecule has 0 radical (unpaired) electrons. The molecule has 0 saturated heterocycles. The van der Waals surface area contributed by atoms with E-state index in [1.165, 1.54) is 35.5 Å². The Morgan fingerprint density at radius 1 is 1.53 bits per heavy atom. The molecule has 0 aliphatic carbocycles. The van der Waals surface area contributed by atoms with Gasteiger partial charge >= 0.3 is 6.55 Å². The van der Waals surface area contributed by atoms with E-state index in [9.17, 15) is 8.78 Å². The number of halogens is 2. The lowest BCUT2D eigenvalue weighted by molar-refractivity contribution is 0.0678. The van der Waals surface area contributed by atoms with Gasteiger partial charge in [-0.2, -0.15) is 8.78 Å². The summed E-state index contributed by atoms with van der Waals surface area (Å²) in [4.78, 5) is 3.86. The molecule has 0 N–H and O–H groups in total. The van der Waals surface area contributed by atoms with E-state index in [1.807, 2.05) is 0 Å². The first-order chi connectivity index (χ1) is 7.27. The molecule has 0 aliphatic rings. The van der Waals surface area contributed by atoms with Crippen LogP contribution in [0.2, 0.25) is 0 Å². The summed E-state index contributed by atoms with van der Waals surface area (Å²) in [7, 11) is 0. The predicted molar refractivity (Wildman–Crippen MR) is 53.0 cm³/mol. The van der Waals surface area contributed by atoms with Crippen molar-refractivity contribution in [1.29, 1.82) is 0 Å². The van der Waals surface area contributed by atoms with Crippen molar-refractivity contribution < 1.29 is 8.78 Å². The second-order valence-corrected chi connectivity index (χ2v) is 4.58. The van der Waals surface area contributed by atoms with Crippen LogP contribution in [0.15, 0.2) is 22.2 Å². The molecule has 2 aromatic heterocycles. The minimum absolute atomic E-state index is 0.338. The summed E-state index contributed by atoms with van der Waals surface area (Å²) in [6.45, 7) is -2.54. The largest absolute Gasteiger partial charge is 0.319 e. The molecule has 15 heavy (non-hydrogen) atoms. The van der Waals surface area contributed by atoms with E-state index in [1.54, 1.807) is 5.51 Å². The lowest BCUT2D eigenvalue weighted by Gasteiger charge is -2.04. The van der Waals surface area contributed by atoms with Gasteiger partial charge in [0.15, 0.2) is 4.34 Å². The van der Waals surface area contributed by atoms with E-state index >= 15 is 0 Å². The third kappa shape index (κ3) is 2.51. The molecule has 0 aromatic carbocycles. The van der Waals surface area contributed by atoms with Gasteiger partial charge in [-0.1, -0.05) is 23.1 Å². The number of aromatic nitrogens is 4. The third-order valence-corrected chi connectivity index (χ3v) is 3.48. The smallest absolute Gasteiger partial charge is 0.277 e. The minimum Gasteiger partial charge on any atom is -0.277 e. The number of hydrogen-bond acceptors (Lipinski definition) is 5. The number of hydrogen-bond donors (Lipinski definition) is 0. The summed E-state index contributed by atoms with van der Waals surface area (Å²) in [6, 6.07) is 0. The molecular formula is C7H6F2N4S2. The van der Waals surface area contributed by atoms with Crippen LogP contribution >= 0.6 is 23.1 Å². The molecule has 0 unspecified atom stereocenters. The van der Waals surface area contributed by atoms with Gasteiger partial charge in [0.1, 0.15) is 11.3 Å². The molecule has 0 fully saturated rings. The molecule has 0 saturated carbocycles. The highest BCUT2D eigenvalue weighted by Gasteiger charge is 2.11. The first-order valence-electron chi connectivity index (χ1n) is 3.96. The van der Waals surface area contributed by atoms with Crippen LogP contribution in [0, 0.1) is 0 Å². The normalized spacial score (nSPS) is 11.1. The molecular weight excluding hydrogens is 242 g/mol. The summed E-state index contributed by atoms with van der Waals surface area (Å²) in [5.74, 6) is 0.706. The van der Waals surface area contributed by atoms with Crippen molar-refractivity contribution in [1.82, 2.24) is 19.7 Å². The predicted octanol–water partition coefficient (Wildman–Crippen LogP) is 2.42. The van der Waals surface area contributed by atoms with Crippen LogP contribution in [0.5, 0.6) is 0 Å². The van der Waals surface area contributed by atoms with E-state index in [0.717, 1.165) is 8.91 Å². The Morgan fingerprint density at radius 2 is 2.40 bits per heavy atom. The Balaban J connectivity index is 2.02. The van der Waals surface area contributed by atoms with Crippen molar-refractivity contribution in [3.05, 3.63) is 23.7 Å². The lowest BCUT2D eigenvalue weighted by Crippen LogP contribution is -2.01. The fourth-order valence-corrected chi connectivity index (χ4v) is 2.42. The molecule has 0 aliphatic heterocycles. The first kappa shape index (κ1) is 10.5. The molecule has 2 aromatic rings. The van der Waals surface area contributed by atoms with Gasteiger partial charge in [-0.3, -0.25) is 4.57 Å². The summed E-state index contributed by atoms with van der Waals surface area (Å²) in [5, 5.41) is 7.45. The number of thioether (sulfide) groups is 1. The van der Waals surface area contributed by atoms with Crippen molar-refractivity contribution in [2.75, 3.05) is 0 Å². The van der Waals surface area contributed by atoms with Crippen molar-refractivity contribution in [2.24, 2.45) is 0 Å². The summed E-state index contributed by atoms with van der Waals surface area (Å²) in [6.07, 6.45) is 2.63. The van der Waals surface area contributed by atoms with Gasteiger partial charge in [0.05, 0.1) is 5.75 Å². The highest BCUT2D eigenvalue weighted by atomic mass is 32.2. The Morgan fingerprint density at radius 3 is 3.07 bits per heavy atom. The molecule has 8 heteroatoms. The molecule has 2 rings (SSSR count). The third-order valence-electron chi connectivity index (χ3n) is 1.62. The molecule has 0 atom stereocenters. The highest BCUT2D eigenvalue weighted by Crippen LogP contribution is 2.24. The number of alkyl halides is 2. The molecule has 0 amide bonds. The van der Waals surface area contributed by atoms with Gasteiger partial charge in [-0.25, -0.2) is 4.98 Å². The monoisotopic (exact) mass is 248 g/mol. The maximum Gasteiger partial charge on any atom is 0.319 e. The average Bonchev–Trinajstić information content (AvgIpc) is 2.86. The van der Waals surface area contributed by atoms with Crippen LogP contribution in [0.25, 0.3) is 0 Å². The van der Waals surface area contributed by atoms with Gasteiger partial charge in [-0.15, -0.1) is 10.2 Å². The van der Waals surface area contributed by atoms with Crippen molar-refractivity contribution in [3.8, 4) is 0 Å². The quantitative estimate of drug-likeness (QED) is 0.779. The number of nitrogens with zero attached hydrogens (tertiary/aromatic N) is 4. The van der Waals surface area contributed by atoms with Crippen LogP contribution in [0.3, 0.4) is 0 Å². The lowest BCUT2D eigenvalue weighted by atomic mass is 10.7. The van der Waals surface area contributed by atoms with Gasteiger partial charge in [0.25, 0.3) is 0 Å². The Labute approximate surface area is 92.4 Å². The van der Waals surface area contributed by atoms with E-state index in [2.05, 4.69) is 15.2 Å². The Kier molecular flexibility index (Phi) is 3.27. The van der Waals surface area contributed by atoms with E-state index in [4.69, 9.17) is 0 Å². The van der Waals surface area contributed by atoms with Crippen LogP contribution in [-0.4, -0.2) is 19.7 Å². The van der Waals surface area contributed by atoms with E-state index in [0.29, 0.717) is 11.6 Å². The van der Waals surface area contributed by atoms with Crippen LogP contribution < -0.4 is 0 Å². The van der Waals surface area contributed by atoms with Crippen LogP contribution in [-0.2, 0) is 5.75 Å². The van der Waals surface area contributed by atoms with E-state index < -0.39 is 6.55 Å². The van der Waals surface area contributed by atoms with Crippen molar-refractivity contribution >= 4 is 23.1 Å². The fraction of sp³-hybridized carbons (Fsp3) is 0.286. The summed E-state index contributed by atoms with van der Waals surface area (Å²) in [5.41, 5.74) is 1.60. The topological polar surface area (TPSA) is 43.6 Å². The molecule has 4 nitrogen and oxygen atoms in total. The highest BCUT2D eigenvalue weighted by molar-refractivity contribution is 8.00. The van der Waals surface area contributed by atoms with Gasteiger partial charge < -0.3 is 0 Å². The molecule has 80 valence electrons. The maximum absolute atomic E-state index is 12.4. The first-order valence-corrected chi connectivity index (χ1v) is 5.82. The SMILES string of the molecule is FC(F)n1ccnc1CSc1nncs1. The Hall–Kier alpha value is -1.02. The summed E-state index contributed by atoms with van der Waals surface area (Å²) >= 11 is 2.72. The Bertz CT molecular complexity index is 414. The van der Waals surface area contributed by atoms with Crippen LogP contribution in [0.1, 0.15) is 12.4 Å². The number of rotatable bonds is 4. The van der Waals surface area contributed by atoms with Gasteiger partial charge in [0, 0.05) is 12.4 Å². The van der Waals surface area contributed by atoms with Crippen molar-refractivity contribution in [3.63, 3.8) is 0 Å². The fourth-order valence-electron chi connectivity index (χ4n) is 0.986. The van der Waals surface area contributed by atoms with Gasteiger partial charge in [0.2, 0.25) is 0 Å². The number of imidazole rings is 1. The standard InChI is InChI=1S/C7H6F2N4S2/c8-6(9)13-2-1-10-5(13)3-14-7-12-11-4-15-7/h1-2,4,6H,3H2. The minimum atomic E-state index is -2.54. The van der Waals surface area contributed by atoms with Crippen molar-refractivity contribution in [2.45, 2.75) is 16.6 Å². The second kappa shape index (κ2) is 4.67. The maximum atomic E-state index is 12.4. The van der Waals surface area contributed by atoms with Crippen LogP contribution in [0.4, 0.5) is 8.78 Å². The zero-order chi connectivity index (χ0) is 10.7. The molecule has 2 heterocycles. The second-order valence-electron chi connectivity index (χ2n) is 2.52.